The van der Waals surface area contributed by atoms with Gasteiger partial charge in [0.05, 0.1) is 6.20 Å². The lowest BCUT2D eigenvalue weighted by molar-refractivity contribution is 0.238. The third kappa shape index (κ3) is 4.33. The van der Waals surface area contributed by atoms with Gasteiger partial charge in [-0.2, -0.15) is 5.10 Å². The molecule has 16 heavy (non-hydrogen) atoms. The van der Waals surface area contributed by atoms with Gasteiger partial charge in [0.15, 0.2) is 0 Å². The molecule has 90 valence electrons. The summed E-state index contributed by atoms with van der Waals surface area (Å²) in [4.78, 5) is 11.2. The Morgan fingerprint density at radius 1 is 1.56 bits per heavy atom. The SMILES string of the molecule is Cc1[nH]ncc1CCCNC(=O)NC(C)C. The Morgan fingerprint density at radius 3 is 2.88 bits per heavy atom. The van der Waals surface area contributed by atoms with Crippen LogP contribution in [-0.2, 0) is 6.42 Å². The number of aromatic amines is 1. The van der Waals surface area contributed by atoms with E-state index in [9.17, 15) is 4.79 Å². The number of hydrogen-bond acceptors (Lipinski definition) is 2. The highest BCUT2D eigenvalue weighted by Gasteiger charge is 2.02. The number of carbonyl (C=O) groups excluding carboxylic acids is 1. The molecule has 1 heterocycles. The normalized spacial score (nSPS) is 10.5. The molecular weight excluding hydrogens is 204 g/mol. The molecule has 0 saturated carbocycles. The van der Waals surface area contributed by atoms with Crippen LogP contribution < -0.4 is 10.6 Å². The van der Waals surface area contributed by atoms with Crippen LogP contribution in [0.15, 0.2) is 6.20 Å². The molecule has 1 rings (SSSR count). The molecule has 0 aliphatic rings. The predicted molar refractivity (Wildman–Crippen MR) is 63.3 cm³/mol. The van der Waals surface area contributed by atoms with Crippen LogP contribution in [0, 0.1) is 6.92 Å². The highest BCUT2D eigenvalue weighted by molar-refractivity contribution is 5.73. The van der Waals surface area contributed by atoms with Crippen molar-refractivity contribution in [1.29, 1.82) is 0 Å². The van der Waals surface area contributed by atoms with Crippen molar-refractivity contribution in [1.82, 2.24) is 20.8 Å². The minimum atomic E-state index is -0.0982. The number of H-pyrrole nitrogens is 1. The molecule has 0 unspecified atom stereocenters. The van der Waals surface area contributed by atoms with Crippen molar-refractivity contribution in [2.45, 2.75) is 39.7 Å². The van der Waals surface area contributed by atoms with Crippen LogP contribution in [0.3, 0.4) is 0 Å². The maximum Gasteiger partial charge on any atom is 0.314 e. The molecule has 0 bridgehead atoms. The Balaban J connectivity index is 2.13. The quantitative estimate of drug-likeness (QED) is 0.661. The van der Waals surface area contributed by atoms with Crippen LogP contribution in [-0.4, -0.2) is 28.8 Å². The smallest absolute Gasteiger partial charge is 0.314 e. The monoisotopic (exact) mass is 224 g/mol. The van der Waals surface area contributed by atoms with E-state index in [0.717, 1.165) is 18.5 Å². The van der Waals surface area contributed by atoms with Crippen LogP contribution in [0.1, 0.15) is 31.5 Å². The van der Waals surface area contributed by atoms with Crippen LogP contribution in [0.2, 0.25) is 0 Å². The van der Waals surface area contributed by atoms with Gasteiger partial charge in [-0.15, -0.1) is 0 Å². The highest BCUT2D eigenvalue weighted by atomic mass is 16.2. The number of aromatic nitrogens is 2. The molecule has 0 aliphatic heterocycles. The number of hydrogen-bond donors (Lipinski definition) is 3. The molecule has 5 nitrogen and oxygen atoms in total. The summed E-state index contributed by atoms with van der Waals surface area (Å²) in [7, 11) is 0. The second kappa shape index (κ2) is 6.15. The van der Waals surface area contributed by atoms with Crippen LogP contribution in [0.5, 0.6) is 0 Å². The van der Waals surface area contributed by atoms with Gasteiger partial charge in [0.1, 0.15) is 0 Å². The lowest BCUT2D eigenvalue weighted by atomic mass is 10.1. The Bertz CT molecular complexity index is 332. The number of nitrogens with one attached hydrogen (secondary N) is 3. The standard InChI is InChI=1S/C11H20N4O/c1-8(2)14-11(16)12-6-4-5-10-7-13-15-9(10)3/h7-8H,4-6H2,1-3H3,(H,13,15)(H2,12,14,16). The van der Waals surface area contributed by atoms with Gasteiger partial charge in [-0.3, -0.25) is 5.10 Å². The first-order chi connectivity index (χ1) is 7.59. The fourth-order valence-electron chi connectivity index (χ4n) is 1.42. The average Bonchev–Trinajstić information content (AvgIpc) is 2.58. The molecule has 0 fully saturated rings. The maximum absolute atomic E-state index is 11.2. The summed E-state index contributed by atoms with van der Waals surface area (Å²) >= 11 is 0. The van der Waals surface area contributed by atoms with Crippen LogP contribution in [0.4, 0.5) is 4.79 Å². The molecule has 5 heteroatoms. The van der Waals surface area contributed by atoms with Gasteiger partial charge >= 0.3 is 6.03 Å². The summed E-state index contributed by atoms with van der Waals surface area (Å²) in [5.41, 5.74) is 2.32. The van der Waals surface area contributed by atoms with E-state index in [1.165, 1.54) is 5.56 Å². The topological polar surface area (TPSA) is 69.8 Å². The summed E-state index contributed by atoms with van der Waals surface area (Å²) in [5.74, 6) is 0. The Morgan fingerprint density at radius 2 is 2.31 bits per heavy atom. The Labute approximate surface area is 96.0 Å². The number of aryl methyl sites for hydroxylation is 2. The van der Waals surface area contributed by atoms with Crippen molar-refractivity contribution in [3.8, 4) is 0 Å². The fraction of sp³-hybridized carbons (Fsp3) is 0.636. The van der Waals surface area contributed by atoms with Crippen molar-refractivity contribution >= 4 is 6.03 Å². The van der Waals surface area contributed by atoms with E-state index in [-0.39, 0.29) is 12.1 Å². The van der Waals surface area contributed by atoms with Gasteiger partial charge in [-0.25, -0.2) is 4.79 Å². The van der Waals surface area contributed by atoms with Crippen molar-refractivity contribution in [3.63, 3.8) is 0 Å². The Hall–Kier alpha value is -1.52. The number of amides is 2. The lowest BCUT2D eigenvalue weighted by Crippen LogP contribution is -2.39. The van der Waals surface area contributed by atoms with Crippen molar-refractivity contribution < 1.29 is 4.79 Å². The lowest BCUT2D eigenvalue weighted by Gasteiger charge is -2.09. The number of nitrogens with zero attached hydrogens (tertiary/aromatic N) is 1. The first-order valence-corrected chi connectivity index (χ1v) is 5.63. The third-order valence-electron chi connectivity index (χ3n) is 2.26. The fourth-order valence-corrected chi connectivity index (χ4v) is 1.42. The number of urea groups is 1. The zero-order chi connectivity index (χ0) is 12.0. The van der Waals surface area contributed by atoms with Crippen molar-refractivity contribution in [3.05, 3.63) is 17.5 Å². The van der Waals surface area contributed by atoms with E-state index in [4.69, 9.17) is 0 Å². The minimum absolute atomic E-state index is 0.0982. The second-order valence-electron chi connectivity index (χ2n) is 4.18. The van der Waals surface area contributed by atoms with Gasteiger partial charge in [0.25, 0.3) is 0 Å². The minimum Gasteiger partial charge on any atom is -0.338 e. The molecule has 1 aromatic rings. The van der Waals surface area contributed by atoms with Gasteiger partial charge in [0, 0.05) is 18.3 Å². The van der Waals surface area contributed by atoms with E-state index in [1.807, 2.05) is 27.0 Å². The molecule has 0 radical (unpaired) electrons. The molecule has 0 saturated heterocycles. The molecular formula is C11H20N4O. The van der Waals surface area contributed by atoms with E-state index in [2.05, 4.69) is 20.8 Å². The predicted octanol–water partition coefficient (Wildman–Crippen LogP) is 1.36. The molecule has 0 aromatic carbocycles. The largest absolute Gasteiger partial charge is 0.338 e. The first-order valence-electron chi connectivity index (χ1n) is 5.63. The van der Waals surface area contributed by atoms with E-state index in [0.29, 0.717) is 6.54 Å². The van der Waals surface area contributed by atoms with Gasteiger partial charge in [0.2, 0.25) is 0 Å². The molecule has 0 aliphatic carbocycles. The second-order valence-corrected chi connectivity index (χ2v) is 4.18. The maximum atomic E-state index is 11.2. The summed E-state index contributed by atoms with van der Waals surface area (Å²) in [5, 5.41) is 12.4. The molecule has 0 spiro atoms. The van der Waals surface area contributed by atoms with Crippen molar-refractivity contribution in [2.24, 2.45) is 0 Å². The summed E-state index contributed by atoms with van der Waals surface area (Å²) in [6.07, 6.45) is 3.69. The third-order valence-corrected chi connectivity index (χ3v) is 2.26. The number of carbonyl (C=O) groups is 1. The molecule has 3 N–H and O–H groups in total. The average molecular weight is 224 g/mol. The summed E-state index contributed by atoms with van der Waals surface area (Å²) in [6, 6.07) is 0.0787. The first kappa shape index (κ1) is 12.5. The zero-order valence-electron chi connectivity index (χ0n) is 10.1. The molecule has 1 aromatic heterocycles. The van der Waals surface area contributed by atoms with Gasteiger partial charge in [-0.05, 0) is 39.2 Å². The van der Waals surface area contributed by atoms with Gasteiger partial charge < -0.3 is 10.6 Å². The Kier molecular flexibility index (Phi) is 4.82. The zero-order valence-corrected chi connectivity index (χ0v) is 10.1. The van der Waals surface area contributed by atoms with E-state index in [1.54, 1.807) is 0 Å². The molecule has 2 amide bonds. The summed E-state index contributed by atoms with van der Waals surface area (Å²) in [6.45, 7) is 6.56. The molecule has 0 atom stereocenters. The highest BCUT2D eigenvalue weighted by Crippen LogP contribution is 2.04. The van der Waals surface area contributed by atoms with Crippen LogP contribution in [0.25, 0.3) is 0 Å². The van der Waals surface area contributed by atoms with E-state index >= 15 is 0 Å². The van der Waals surface area contributed by atoms with Gasteiger partial charge in [-0.1, -0.05) is 0 Å². The summed E-state index contributed by atoms with van der Waals surface area (Å²) < 4.78 is 0. The van der Waals surface area contributed by atoms with Crippen LogP contribution >= 0.6 is 0 Å². The number of rotatable bonds is 5. The van der Waals surface area contributed by atoms with Crippen molar-refractivity contribution in [2.75, 3.05) is 6.54 Å². The van der Waals surface area contributed by atoms with E-state index < -0.39 is 0 Å².